The van der Waals surface area contributed by atoms with Gasteiger partial charge in [-0.25, -0.2) is 0 Å². The SMILES string of the molecule is CCOc1cc(CO)cc(Br)c1OCCCCOC. The van der Waals surface area contributed by atoms with E-state index in [-0.39, 0.29) is 6.61 Å². The van der Waals surface area contributed by atoms with Gasteiger partial charge in [0.1, 0.15) is 0 Å². The predicted molar refractivity (Wildman–Crippen MR) is 77.8 cm³/mol. The molecule has 1 N–H and O–H groups in total. The van der Waals surface area contributed by atoms with Gasteiger partial charge in [0, 0.05) is 13.7 Å². The summed E-state index contributed by atoms with van der Waals surface area (Å²) in [5, 5.41) is 9.19. The second-order valence-electron chi connectivity index (χ2n) is 4.04. The van der Waals surface area contributed by atoms with Crippen LogP contribution in [0.15, 0.2) is 16.6 Å². The highest BCUT2D eigenvalue weighted by Gasteiger charge is 2.11. The fourth-order valence-electron chi connectivity index (χ4n) is 1.64. The first-order chi connectivity index (χ1) is 9.22. The lowest BCUT2D eigenvalue weighted by molar-refractivity contribution is 0.183. The van der Waals surface area contributed by atoms with E-state index in [1.807, 2.05) is 13.0 Å². The van der Waals surface area contributed by atoms with Gasteiger partial charge in [-0.05, 0) is 53.4 Å². The fourth-order valence-corrected chi connectivity index (χ4v) is 2.24. The largest absolute Gasteiger partial charge is 0.490 e. The van der Waals surface area contributed by atoms with Crippen molar-refractivity contribution in [2.75, 3.05) is 26.9 Å². The van der Waals surface area contributed by atoms with Gasteiger partial charge in [0.2, 0.25) is 0 Å². The molecular formula is C14H21BrO4. The summed E-state index contributed by atoms with van der Waals surface area (Å²) in [6.45, 7) is 3.81. The summed E-state index contributed by atoms with van der Waals surface area (Å²) in [6, 6.07) is 3.64. The third-order valence-corrected chi connectivity index (χ3v) is 3.13. The average Bonchev–Trinajstić information content (AvgIpc) is 2.41. The van der Waals surface area contributed by atoms with Crippen molar-refractivity contribution in [3.05, 3.63) is 22.2 Å². The lowest BCUT2D eigenvalue weighted by atomic mass is 10.2. The predicted octanol–water partition coefficient (Wildman–Crippen LogP) is 3.15. The molecule has 0 radical (unpaired) electrons. The maximum atomic E-state index is 9.19. The van der Waals surface area contributed by atoms with E-state index in [2.05, 4.69) is 15.9 Å². The number of hydrogen-bond donors (Lipinski definition) is 1. The maximum Gasteiger partial charge on any atom is 0.175 e. The van der Waals surface area contributed by atoms with Crippen molar-refractivity contribution < 1.29 is 19.3 Å². The Morgan fingerprint density at radius 1 is 1.16 bits per heavy atom. The van der Waals surface area contributed by atoms with Crippen LogP contribution >= 0.6 is 15.9 Å². The Kier molecular flexibility index (Phi) is 7.86. The monoisotopic (exact) mass is 332 g/mol. The molecule has 0 aromatic heterocycles. The molecule has 0 unspecified atom stereocenters. The summed E-state index contributed by atoms with van der Waals surface area (Å²) in [6.07, 6.45) is 1.89. The first-order valence-electron chi connectivity index (χ1n) is 6.40. The van der Waals surface area contributed by atoms with Gasteiger partial charge in [0.05, 0.1) is 24.3 Å². The quantitative estimate of drug-likeness (QED) is 0.706. The molecule has 0 atom stereocenters. The number of methoxy groups -OCH3 is 1. The number of benzene rings is 1. The average molecular weight is 333 g/mol. The zero-order chi connectivity index (χ0) is 14.1. The van der Waals surface area contributed by atoms with E-state index in [1.54, 1.807) is 13.2 Å². The molecule has 4 nitrogen and oxygen atoms in total. The van der Waals surface area contributed by atoms with Crippen LogP contribution in [0.2, 0.25) is 0 Å². The van der Waals surface area contributed by atoms with Crippen molar-refractivity contribution >= 4 is 15.9 Å². The van der Waals surface area contributed by atoms with Gasteiger partial charge in [0.15, 0.2) is 11.5 Å². The van der Waals surface area contributed by atoms with Gasteiger partial charge in [0.25, 0.3) is 0 Å². The van der Waals surface area contributed by atoms with Crippen molar-refractivity contribution in [1.82, 2.24) is 0 Å². The van der Waals surface area contributed by atoms with E-state index < -0.39 is 0 Å². The molecule has 0 aliphatic carbocycles. The number of aliphatic hydroxyl groups is 1. The van der Waals surface area contributed by atoms with Gasteiger partial charge < -0.3 is 19.3 Å². The molecule has 0 heterocycles. The molecule has 0 aliphatic rings. The third kappa shape index (κ3) is 5.38. The molecule has 0 aliphatic heterocycles. The Labute approximate surface area is 122 Å². The summed E-state index contributed by atoms with van der Waals surface area (Å²) in [5.41, 5.74) is 0.794. The number of hydrogen-bond acceptors (Lipinski definition) is 4. The zero-order valence-corrected chi connectivity index (χ0v) is 13.0. The molecule has 0 saturated carbocycles. The van der Waals surface area contributed by atoms with Crippen molar-refractivity contribution in [2.45, 2.75) is 26.4 Å². The lowest BCUT2D eigenvalue weighted by Gasteiger charge is -2.15. The minimum absolute atomic E-state index is 0.0210. The highest BCUT2D eigenvalue weighted by atomic mass is 79.9. The highest BCUT2D eigenvalue weighted by Crippen LogP contribution is 2.37. The molecule has 5 heteroatoms. The van der Waals surface area contributed by atoms with E-state index in [0.29, 0.717) is 24.7 Å². The molecular weight excluding hydrogens is 312 g/mol. The smallest absolute Gasteiger partial charge is 0.175 e. The fraction of sp³-hybridized carbons (Fsp3) is 0.571. The maximum absolute atomic E-state index is 9.19. The Balaban J connectivity index is 2.68. The van der Waals surface area contributed by atoms with Crippen LogP contribution in [0.5, 0.6) is 11.5 Å². The van der Waals surface area contributed by atoms with Gasteiger partial charge in [-0.2, -0.15) is 0 Å². The zero-order valence-electron chi connectivity index (χ0n) is 11.4. The van der Waals surface area contributed by atoms with E-state index in [1.165, 1.54) is 0 Å². The van der Waals surface area contributed by atoms with Gasteiger partial charge in [-0.3, -0.25) is 0 Å². The van der Waals surface area contributed by atoms with E-state index in [4.69, 9.17) is 14.2 Å². The number of aliphatic hydroxyl groups excluding tert-OH is 1. The molecule has 108 valence electrons. The van der Waals surface area contributed by atoms with Crippen molar-refractivity contribution in [1.29, 1.82) is 0 Å². The Morgan fingerprint density at radius 2 is 1.89 bits per heavy atom. The van der Waals surface area contributed by atoms with Crippen LogP contribution in [0.3, 0.4) is 0 Å². The number of unbranched alkanes of at least 4 members (excludes halogenated alkanes) is 1. The second-order valence-corrected chi connectivity index (χ2v) is 4.90. The van der Waals surface area contributed by atoms with Crippen LogP contribution in [0.1, 0.15) is 25.3 Å². The molecule has 1 aromatic rings. The first-order valence-corrected chi connectivity index (χ1v) is 7.20. The minimum Gasteiger partial charge on any atom is -0.490 e. The second kappa shape index (κ2) is 9.18. The van der Waals surface area contributed by atoms with Crippen molar-refractivity contribution in [3.63, 3.8) is 0 Å². The number of rotatable bonds is 9. The van der Waals surface area contributed by atoms with E-state index in [0.717, 1.165) is 29.5 Å². The first kappa shape index (κ1) is 16.3. The summed E-state index contributed by atoms with van der Waals surface area (Å²) in [4.78, 5) is 0. The van der Waals surface area contributed by atoms with Crippen LogP contribution in [0.25, 0.3) is 0 Å². The molecule has 0 fully saturated rings. The normalized spacial score (nSPS) is 10.5. The summed E-state index contributed by atoms with van der Waals surface area (Å²) >= 11 is 3.45. The Bertz CT molecular complexity index is 382. The topological polar surface area (TPSA) is 47.9 Å². The third-order valence-electron chi connectivity index (χ3n) is 2.54. The van der Waals surface area contributed by atoms with Crippen molar-refractivity contribution in [3.8, 4) is 11.5 Å². The number of halogens is 1. The Morgan fingerprint density at radius 3 is 2.53 bits per heavy atom. The molecule has 0 saturated heterocycles. The lowest BCUT2D eigenvalue weighted by Crippen LogP contribution is -2.03. The van der Waals surface area contributed by atoms with Crippen LogP contribution < -0.4 is 9.47 Å². The standard InChI is InChI=1S/C14H21BrO4/c1-3-18-13-9-11(10-16)8-12(15)14(13)19-7-5-4-6-17-2/h8-9,16H,3-7,10H2,1-2H3. The summed E-state index contributed by atoms with van der Waals surface area (Å²) < 4.78 is 17.1. The van der Waals surface area contributed by atoms with Crippen LogP contribution in [0, 0.1) is 0 Å². The Hall–Kier alpha value is -0.780. The summed E-state index contributed by atoms with van der Waals surface area (Å²) in [5.74, 6) is 1.35. The molecule has 0 spiro atoms. The molecule has 19 heavy (non-hydrogen) atoms. The van der Waals surface area contributed by atoms with Crippen LogP contribution in [-0.2, 0) is 11.3 Å². The van der Waals surface area contributed by atoms with Crippen LogP contribution in [-0.4, -0.2) is 32.0 Å². The molecule has 0 bridgehead atoms. The number of ether oxygens (including phenoxy) is 3. The highest BCUT2D eigenvalue weighted by molar-refractivity contribution is 9.10. The van der Waals surface area contributed by atoms with Gasteiger partial charge in [-0.15, -0.1) is 0 Å². The minimum atomic E-state index is -0.0210. The van der Waals surface area contributed by atoms with Crippen molar-refractivity contribution in [2.24, 2.45) is 0 Å². The van der Waals surface area contributed by atoms with Crippen LogP contribution in [0.4, 0.5) is 0 Å². The van der Waals surface area contributed by atoms with E-state index in [9.17, 15) is 5.11 Å². The molecule has 1 rings (SSSR count). The summed E-state index contributed by atoms with van der Waals surface area (Å²) in [7, 11) is 1.69. The van der Waals surface area contributed by atoms with Gasteiger partial charge in [-0.1, -0.05) is 0 Å². The van der Waals surface area contributed by atoms with Gasteiger partial charge >= 0.3 is 0 Å². The van der Waals surface area contributed by atoms with E-state index >= 15 is 0 Å². The molecule has 1 aromatic carbocycles. The molecule has 0 amide bonds.